The van der Waals surface area contributed by atoms with Gasteiger partial charge in [0, 0.05) is 10.2 Å². The van der Waals surface area contributed by atoms with Crippen molar-refractivity contribution in [3.8, 4) is 0 Å². The molecule has 0 saturated carbocycles. The molecule has 1 aromatic rings. The number of unbranched alkanes of at least 4 members (excludes halogenated alkanes) is 1. The zero-order chi connectivity index (χ0) is 9.36. The fourth-order valence-corrected chi connectivity index (χ4v) is 2.24. The van der Waals surface area contributed by atoms with Gasteiger partial charge in [0.05, 0.1) is 0 Å². The van der Waals surface area contributed by atoms with Crippen LogP contribution in [-0.2, 0) is 6.42 Å². The van der Waals surface area contributed by atoms with E-state index in [9.17, 15) is 0 Å². The van der Waals surface area contributed by atoms with Crippen molar-refractivity contribution in [1.29, 1.82) is 0 Å². The van der Waals surface area contributed by atoms with E-state index < -0.39 is 0 Å². The van der Waals surface area contributed by atoms with Gasteiger partial charge in [-0.3, -0.25) is 0 Å². The molecule has 0 saturated heterocycles. The van der Waals surface area contributed by atoms with Gasteiger partial charge in [-0.2, -0.15) is 0 Å². The molecule has 0 aliphatic rings. The molecule has 0 fully saturated rings. The van der Waals surface area contributed by atoms with Crippen LogP contribution in [0.15, 0.2) is 17.5 Å². The highest BCUT2D eigenvalue weighted by Crippen LogP contribution is 2.07. The van der Waals surface area contributed by atoms with E-state index in [0.717, 1.165) is 18.4 Å². The van der Waals surface area contributed by atoms with Gasteiger partial charge in [0.1, 0.15) is 0 Å². The van der Waals surface area contributed by atoms with E-state index in [0.29, 0.717) is 0 Å². The van der Waals surface area contributed by atoms with Gasteiger partial charge in [0.25, 0.3) is 0 Å². The Morgan fingerprint density at radius 2 is 2.23 bits per heavy atom. The summed E-state index contributed by atoms with van der Waals surface area (Å²) in [5.74, 6) is 0. The molecule has 0 unspecified atom stereocenters. The quantitative estimate of drug-likeness (QED) is 0.588. The molecular formula is C10H16BrNS. The van der Waals surface area contributed by atoms with Crippen molar-refractivity contribution in [3.63, 3.8) is 0 Å². The first kappa shape index (κ1) is 11.2. The predicted molar refractivity (Wildman–Crippen MR) is 63.9 cm³/mol. The Kier molecular flexibility index (Phi) is 6.50. The maximum atomic E-state index is 3.44. The SMILES string of the molecule is BrCCCCNCCc1cccs1. The second kappa shape index (κ2) is 7.54. The van der Waals surface area contributed by atoms with Crippen LogP contribution < -0.4 is 5.32 Å². The van der Waals surface area contributed by atoms with Crippen LogP contribution in [0.5, 0.6) is 0 Å². The molecule has 0 radical (unpaired) electrons. The van der Waals surface area contributed by atoms with Gasteiger partial charge < -0.3 is 5.32 Å². The summed E-state index contributed by atoms with van der Waals surface area (Å²) >= 11 is 5.27. The number of thiophene rings is 1. The van der Waals surface area contributed by atoms with E-state index >= 15 is 0 Å². The number of halogens is 1. The summed E-state index contributed by atoms with van der Waals surface area (Å²) in [4.78, 5) is 1.48. The van der Waals surface area contributed by atoms with Gasteiger partial charge in [-0.1, -0.05) is 22.0 Å². The van der Waals surface area contributed by atoms with Crippen molar-refractivity contribution in [2.24, 2.45) is 0 Å². The van der Waals surface area contributed by atoms with Crippen molar-refractivity contribution in [3.05, 3.63) is 22.4 Å². The molecule has 0 spiro atoms. The molecule has 1 rings (SSSR count). The third kappa shape index (κ3) is 5.45. The lowest BCUT2D eigenvalue weighted by atomic mass is 10.3. The smallest absolute Gasteiger partial charge is 0.00578 e. The standard InChI is InChI=1S/C10H16BrNS/c11-6-1-2-7-12-8-5-10-4-3-9-13-10/h3-4,9,12H,1-2,5-8H2. The molecule has 1 aromatic heterocycles. The Morgan fingerprint density at radius 1 is 1.31 bits per heavy atom. The Balaban J connectivity index is 1.90. The predicted octanol–water partition coefficient (Wildman–Crippen LogP) is 3.06. The second-order valence-electron chi connectivity index (χ2n) is 2.98. The largest absolute Gasteiger partial charge is 0.316 e. The first-order valence-corrected chi connectivity index (χ1v) is 6.72. The summed E-state index contributed by atoms with van der Waals surface area (Å²) in [6, 6.07) is 4.32. The van der Waals surface area contributed by atoms with Gasteiger partial charge in [-0.25, -0.2) is 0 Å². The van der Waals surface area contributed by atoms with Crippen molar-refractivity contribution in [2.45, 2.75) is 19.3 Å². The third-order valence-corrected chi connectivity index (χ3v) is 3.36. The van der Waals surface area contributed by atoms with Crippen molar-refractivity contribution < 1.29 is 0 Å². The van der Waals surface area contributed by atoms with Gasteiger partial charge in [-0.15, -0.1) is 11.3 Å². The van der Waals surface area contributed by atoms with E-state index in [4.69, 9.17) is 0 Å². The van der Waals surface area contributed by atoms with Crippen LogP contribution in [0.4, 0.5) is 0 Å². The zero-order valence-electron chi connectivity index (χ0n) is 7.76. The van der Waals surface area contributed by atoms with Gasteiger partial charge in [0.2, 0.25) is 0 Å². The molecule has 13 heavy (non-hydrogen) atoms. The Bertz CT molecular complexity index is 199. The molecule has 0 amide bonds. The van der Waals surface area contributed by atoms with Crippen molar-refractivity contribution >= 4 is 27.3 Å². The molecule has 0 bridgehead atoms. The van der Waals surface area contributed by atoms with Crippen LogP contribution in [0, 0.1) is 0 Å². The lowest BCUT2D eigenvalue weighted by Gasteiger charge is -2.01. The number of nitrogens with one attached hydrogen (secondary N) is 1. The first-order valence-electron chi connectivity index (χ1n) is 4.72. The van der Waals surface area contributed by atoms with E-state index in [-0.39, 0.29) is 0 Å². The van der Waals surface area contributed by atoms with E-state index in [1.54, 1.807) is 0 Å². The molecule has 1 nitrogen and oxygen atoms in total. The summed E-state index contributed by atoms with van der Waals surface area (Å²) in [5, 5.41) is 6.71. The topological polar surface area (TPSA) is 12.0 Å². The summed E-state index contributed by atoms with van der Waals surface area (Å²) in [7, 11) is 0. The minimum Gasteiger partial charge on any atom is -0.316 e. The maximum absolute atomic E-state index is 3.44. The van der Waals surface area contributed by atoms with Crippen molar-refractivity contribution in [1.82, 2.24) is 5.32 Å². The molecule has 0 aromatic carbocycles. The number of alkyl halides is 1. The highest BCUT2D eigenvalue weighted by atomic mass is 79.9. The number of hydrogen-bond acceptors (Lipinski definition) is 2. The molecule has 3 heteroatoms. The fourth-order valence-electron chi connectivity index (χ4n) is 1.14. The molecular weight excluding hydrogens is 246 g/mol. The third-order valence-electron chi connectivity index (χ3n) is 1.87. The highest BCUT2D eigenvalue weighted by molar-refractivity contribution is 9.09. The minimum absolute atomic E-state index is 1.11. The molecule has 0 atom stereocenters. The van der Waals surface area contributed by atoms with E-state index in [1.165, 1.54) is 24.1 Å². The van der Waals surface area contributed by atoms with Crippen LogP contribution >= 0.6 is 27.3 Å². The lowest BCUT2D eigenvalue weighted by Crippen LogP contribution is -2.18. The van der Waals surface area contributed by atoms with Crippen LogP contribution in [0.3, 0.4) is 0 Å². The first-order chi connectivity index (χ1) is 6.43. The summed E-state index contributed by atoms with van der Waals surface area (Å²) in [6.45, 7) is 2.26. The number of rotatable bonds is 7. The highest BCUT2D eigenvalue weighted by Gasteiger charge is 1.92. The normalized spacial score (nSPS) is 10.5. The van der Waals surface area contributed by atoms with Gasteiger partial charge in [-0.05, 0) is 43.8 Å². The minimum atomic E-state index is 1.11. The molecule has 1 heterocycles. The maximum Gasteiger partial charge on any atom is 0.00578 e. The number of hydrogen-bond donors (Lipinski definition) is 1. The average Bonchev–Trinajstić information content (AvgIpc) is 2.63. The summed E-state index contributed by atoms with van der Waals surface area (Å²) < 4.78 is 0. The summed E-state index contributed by atoms with van der Waals surface area (Å²) in [5.41, 5.74) is 0. The van der Waals surface area contributed by atoms with Gasteiger partial charge in [0.15, 0.2) is 0 Å². The van der Waals surface area contributed by atoms with Crippen LogP contribution in [-0.4, -0.2) is 18.4 Å². The molecule has 0 aliphatic heterocycles. The van der Waals surface area contributed by atoms with E-state index in [1.807, 2.05) is 11.3 Å². The zero-order valence-corrected chi connectivity index (χ0v) is 10.2. The molecule has 74 valence electrons. The van der Waals surface area contributed by atoms with Gasteiger partial charge >= 0.3 is 0 Å². The lowest BCUT2D eigenvalue weighted by molar-refractivity contribution is 0.645. The Morgan fingerprint density at radius 3 is 2.92 bits per heavy atom. The second-order valence-corrected chi connectivity index (χ2v) is 4.80. The average molecular weight is 262 g/mol. The fraction of sp³-hybridized carbons (Fsp3) is 0.600. The van der Waals surface area contributed by atoms with Crippen LogP contribution in [0.2, 0.25) is 0 Å². The molecule has 1 N–H and O–H groups in total. The Hall–Kier alpha value is 0.140. The van der Waals surface area contributed by atoms with Crippen LogP contribution in [0.25, 0.3) is 0 Å². The summed E-state index contributed by atoms with van der Waals surface area (Å²) in [6.07, 6.45) is 3.72. The van der Waals surface area contributed by atoms with Crippen molar-refractivity contribution in [2.75, 3.05) is 18.4 Å². The molecule has 0 aliphatic carbocycles. The monoisotopic (exact) mass is 261 g/mol. The Labute approximate surface area is 92.7 Å². The van der Waals surface area contributed by atoms with E-state index in [2.05, 4.69) is 38.8 Å². The van der Waals surface area contributed by atoms with Crippen LogP contribution in [0.1, 0.15) is 17.7 Å².